The molecular formula is C22H23N5OS. The van der Waals surface area contributed by atoms with Crippen molar-refractivity contribution in [1.82, 2.24) is 14.8 Å². The molecule has 2 aromatic heterocycles. The van der Waals surface area contributed by atoms with Gasteiger partial charge in [-0.2, -0.15) is 5.26 Å². The molecule has 1 N–H and O–H groups in total. The Balaban J connectivity index is 1.83. The van der Waals surface area contributed by atoms with Gasteiger partial charge in [-0.25, -0.2) is 0 Å². The second-order valence-corrected chi connectivity index (χ2v) is 8.28. The average molecular weight is 406 g/mol. The van der Waals surface area contributed by atoms with Crippen molar-refractivity contribution in [3.05, 3.63) is 64.4 Å². The molecule has 29 heavy (non-hydrogen) atoms. The summed E-state index contributed by atoms with van der Waals surface area (Å²) in [5, 5.41) is 21.4. The fourth-order valence-electron chi connectivity index (χ4n) is 2.75. The van der Waals surface area contributed by atoms with Gasteiger partial charge in [0.25, 0.3) is 5.91 Å². The molecule has 0 saturated heterocycles. The van der Waals surface area contributed by atoms with Crippen LogP contribution in [0.2, 0.25) is 0 Å². The van der Waals surface area contributed by atoms with Crippen LogP contribution in [0.5, 0.6) is 0 Å². The largest absolute Gasteiger partial charge is 0.317 e. The van der Waals surface area contributed by atoms with Crippen LogP contribution >= 0.6 is 11.3 Å². The van der Waals surface area contributed by atoms with Gasteiger partial charge < -0.3 is 4.57 Å². The summed E-state index contributed by atoms with van der Waals surface area (Å²) < 4.78 is 1.94. The van der Waals surface area contributed by atoms with E-state index >= 15 is 0 Å². The van der Waals surface area contributed by atoms with Crippen LogP contribution in [0.15, 0.2) is 48.2 Å². The summed E-state index contributed by atoms with van der Waals surface area (Å²) in [5.41, 5.74) is 2.97. The maximum Gasteiger partial charge on any atom is 0.268 e. The van der Waals surface area contributed by atoms with Crippen LogP contribution in [0.3, 0.4) is 0 Å². The third-order valence-corrected chi connectivity index (χ3v) is 5.57. The van der Waals surface area contributed by atoms with Crippen LogP contribution in [-0.4, -0.2) is 20.7 Å². The van der Waals surface area contributed by atoms with Crippen molar-refractivity contribution < 1.29 is 4.79 Å². The molecule has 1 amide bonds. The van der Waals surface area contributed by atoms with Crippen molar-refractivity contribution in [2.24, 2.45) is 0 Å². The van der Waals surface area contributed by atoms with Crippen LogP contribution in [0.1, 0.15) is 55.8 Å². The third-order valence-electron chi connectivity index (χ3n) is 4.43. The summed E-state index contributed by atoms with van der Waals surface area (Å²) in [6, 6.07) is 14.0. The Bertz CT molecular complexity index is 1070. The molecule has 0 spiro atoms. The van der Waals surface area contributed by atoms with Gasteiger partial charge in [0.2, 0.25) is 5.13 Å². The molecule has 0 unspecified atom stereocenters. The lowest BCUT2D eigenvalue weighted by molar-refractivity contribution is -0.112. The maximum atomic E-state index is 12.5. The Morgan fingerprint density at radius 2 is 1.86 bits per heavy atom. The van der Waals surface area contributed by atoms with Gasteiger partial charge in [0.1, 0.15) is 16.6 Å². The minimum Gasteiger partial charge on any atom is -0.317 e. The lowest BCUT2D eigenvalue weighted by Gasteiger charge is -2.10. The van der Waals surface area contributed by atoms with E-state index in [4.69, 9.17) is 0 Å². The fraction of sp³-hybridized carbons (Fsp3) is 0.273. The van der Waals surface area contributed by atoms with E-state index in [1.807, 2.05) is 54.9 Å². The molecule has 0 radical (unpaired) electrons. The van der Waals surface area contributed by atoms with E-state index in [0.29, 0.717) is 11.0 Å². The molecule has 0 saturated carbocycles. The van der Waals surface area contributed by atoms with E-state index in [1.54, 1.807) is 6.08 Å². The zero-order valence-electron chi connectivity index (χ0n) is 16.9. The number of rotatable bonds is 6. The Labute approximate surface area is 174 Å². The van der Waals surface area contributed by atoms with Gasteiger partial charge in [0.15, 0.2) is 0 Å². The maximum absolute atomic E-state index is 12.5. The van der Waals surface area contributed by atoms with Gasteiger partial charge in [-0.3, -0.25) is 10.1 Å². The molecule has 3 rings (SSSR count). The summed E-state index contributed by atoms with van der Waals surface area (Å²) in [7, 11) is 0. The number of carbonyl (C=O) groups is 1. The van der Waals surface area contributed by atoms with Gasteiger partial charge in [-0.05, 0) is 41.8 Å². The number of nitrogens with one attached hydrogen (secondary N) is 1. The van der Waals surface area contributed by atoms with Crippen LogP contribution in [0, 0.1) is 11.3 Å². The summed E-state index contributed by atoms with van der Waals surface area (Å²) in [6.07, 6.45) is 3.48. The Kier molecular flexibility index (Phi) is 6.25. The first-order valence-electron chi connectivity index (χ1n) is 9.43. The quantitative estimate of drug-likeness (QED) is 0.456. The lowest BCUT2D eigenvalue weighted by atomic mass is 10.0. The molecule has 148 valence electrons. The highest BCUT2D eigenvalue weighted by Crippen LogP contribution is 2.23. The number of amides is 1. The van der Waals surface area contributed by atoms with Gasteiger partial charge in [-0.15, -0.1) is 10.2 Å². The Hall–Kier alpha value is -3.24. The van der Waals surface area contributed by atoms with Crippen molar-refractivity contribution in [3.8, 4) is 11.8 Å². The topological polar surface area (TPSA) is 83.6 Å². The first-order chi connectivity index (χ1) is 13.9. The van der Waals surface area contributed by atoms with Crippen molar-refractivity contribution in [1.29, 1.82) is 5.26 Å². The van der Waals surface area contributed by atoms with E-state index < -0.39 is 5.91 Å². The molecule has 0 aliphatic carbocycles. The predicted molar refractivity (Wildman–Crippen MR) is 116 cm³/mol. The molecular weight excluding hydrogens is 382 g/mol. The second-order valence-electron chi connectivity index (χ2n) is 7.27. The number of nitriles is 1. The number of anilines is 1. The standard InChI is InChI=1S/C22H23N5OS/c1-14(2)16-7-9-18(10-8-16)27-11-5-6-19(27)12-17(13-23)20(28)24-22-26-25-21(29-22)15(3)4/h5-12,14-15H,1-4H3,(H,24,26,28). The molecule has 7 heteroatoms. The zero-order valence-corrected chi connectivity index (χ0v) is 17.7. The molecule has 6 nitrogen and oxygen atoms in total. The number of nitrogens with zero attached hydrogens (tertiary/aromatic N) is 4. The van der Waals surface area contributed by atoms with Crippen molar-refractivity contribution in [2.45, 2.75) is 39.5 Å². The van der Waals surface area contributed by atoms with E-state index in [-0.39, 0.29) is 11.5 Å². The molecule has 1 aromatic carbocycles. The summed E-state index contributed by atoms with van der Waals surface area (Å²) >= 11 is 1.31. The fourth-order valence-corrected chi connectivity index (χ4v) is 3.49. The summed E-state index contributed by atoms with van der Waals surface area (Å²) in [4.78, 5) is 12.5. The first kappa shape index (κ1) is 20.5. The zero-order chi connectivity index (χ0) is 21.0. The van der Waals surface area contributed by atoms with E-state index in [9.17, 15) is 10.1 Å². The number of aromatic nitrogens is 3. The molecule has 0 fully saturated rings. The molecule has 0 aliphatic heterocycles. The Morgan fingerprint density at radius 3 is 2.45 bits per heavy atom. The minimum atomic E-state index is -0.498. The van der Waals surface area contributed by atoms with Gasteiger partial charge in [-0.1, -0.05) is 51.2 Å². The number of benzene rings is 1. The van der Waals surface area contributed by atoms with Crippen LogP contribution in [0.25, 0.3) is 11.8 Å². The van der Waals surface area contributed by atoms with Gasteiger partial charge in [0.05, 0.1) is 0 Å². The van der Waals surface area contributed by atoms with Gasteiger partial charge in [0, 0.05) is 23.5 Å². The SMILES string of the molecule is CC(C)c1ccc(-n2cccc2C=C(C#N)C(=O)Nc2nnc(C(C)C)s2)cc1. The normalized spacial score (nSPS) is 11.7. The van der Waals surface area contributed by atoms with Crippen LogP contribution in [0.4, 0.5) is 5.13 Å². The predicted octanol–water partition coefficient (Wildman–Crippen LogP) is 5.12. The van der Waals surface area contributed by atoms with Crippen LogP contribution < -0.4 is 5.32 Å². The highest BCUT2D eigenvalue weighted by atomic mass is 32.1. The first-order valence-corrected chi connectivity index (χ1v) is 10.2. The van der Waals surface area contributed by atoms with Crippen molar-refractivity contribution in [3.63, 3.8) is 0 Å². The lowest BCUT2D eigenvalue weighted by Crippen LogP contribution is -2.13. The van der Waals surface area contributed by atoms with Crippen LogP contribution in [-0.2, 0) is 4.79 Å². The molecule has 3 aromatic rings. The molecule has 0 atom stereocenters. The van der Waals surface area contributed by atoms with E-state index in [0.717, 1.165) is 16.4 Å². The highest BCUT2D eigenvalue weighted by molar-refractivity contribution is 7.15. The average Bonchev–Trinajstić information content (AvgIpc) is 3.35. The summed E-state index contributed by atoms with van der Waals surface area (Å²) in [5.74, 6) is 0.190. The van der Waals surface area contributed by atoms with E-state index in [1.165, 1.54) is 16.9 Å². The summed E-state index contributed by atoms with van der Waals surface area (Å²) in [6.45, 7) is 8.32. The number of hydrogen-bond acceptors (Lipinski definition) is 5. The second kappa shape index (κ2) is 8.84. The molecule has 2 heterocycles. The number of carbonyl (C=O) groups excluding carboxylic acids is 1. The smallest absolute Gasteiger partial charge is 0.268 e. The monoisotopic (exact) mass is 405 g/mol. The van der Waals surface area contributed by atoms with Crippen molar-refractivity contribution >= 4 is 28.5 Å². The highest BCUT2D eigenvalue weighted by Gasteiger charge is 2.15. The third kappa shape index (κ3) is 4.79. The van der Waals surface area contributed by atoms with Crippen molar-refractivity contribution in [2.75, 3.05) is 5.32 Å². The molecule has 0 aliphatic rings. The van der Waals surface area contributed by atoms with Gasteiger partial charge >= 0.3 is 0 Å². The van der Waals surface area contributed by atoms with E-state index in [2.05, 4.69) is 41.5 Å². The molecule has 0 bridgehead atoms. The Morgan fingerprint density at radius 1 is 1.14 bits per heavy atom. The minimum absolute atomic E-state index is 0.00467. The number of hydrogen-bond donors (Lipinski definition) is 1.